The van der Waals surface area contributed by atoms with Crippen molar-refractivity contribution >= 4 is 5.91 Å². The zero-order valence-electron chi connectivity index (χ0n) is 14.6. The van der Waals surface area contributed by atoms with Crippen LogP contribution in [0.2, 0.25) is 0 Å². The molecule has 0 fully saturated rings. The van der Waals surface area contributed by atoms with Gasteiger partial charge in [0.1, 0.15) is 11.5 Å². The minimum atomic E-state index is -0.937. The fraction of sp³-hybridized carbons (Fsp3) is 0.316. The van der Waals surface area contributed by atoms with Crippen LogP contribution in [0, 0.1) is 11.6 Å². The summed E-state index contributed by atoms with van der Waals surface area (Å²) in [5, 5.41) is 0. The van der Waals surface area contributed by atoms with Gasteiger partial charge in [-0.05, 0) is 55.8 Å². The maximum absolute atomic E-state index is 13.4. The van der Waals surface area contributed by atoms with Crippen LogP contribution in [0.4, 0.5) is 8.78 Å². The highest BCUT2D eigenvalue weighted by Gasteiger charge is 2.24. The van der Waals surface area contributed by atoms with Gasteiger partial charge in [-0.25, -0.2) is 8.78 Å². The van der Waals surface area contributed by atoms with E-state index in [0.29, 0.717) is 17.1 Å². The number of likely N-dealkylation sites (N-methyl/N-ethyl adjacent to an activating group) is 1. The highest BCUT2D eigenvalue weighted by atomic mass is 19.2. The Labute approximate surface area is 146 Å². The number of amides is 1. The molecule has 2 rings (SSSR count). The molecule has 0 N–H and O–H groups in total. The predicted octanol–water partition coefficient (Wildman–Crippen LogP) is 3.96. The quantitative estimate of drug-likeness (QED) is 0.792. The molecule has 0 aliphatic carbocycles. The first-order valence-electron chi connectivity index (χ1n) is 7.85. The van der Waals surface area contributed by atoms with Gasteiger partial charge in [-0.15, -0.1) is 0 Å². The minimum absolute atomic E-state index is 0.270. The van der Waals surface area contributed by atoms with Crippen LogP contribution in [-0.4, -0.2) is 31.1 Å². The molecule has 0 radical (unpaired) electrons. The molecule has 0 bridgehead atoms. The molecule has 1 amide bonds. The third kappa shape index (κ3) is 4.47. The second-order valence-corrected chi connectivity index (χ2v) is 5.73. The summed E-state index contributed by atoms with van der Waals surface area (Å²) in [7, 11) is 3.17. The first-order chi connectivity index (χ1) is 11.8. The van der Waals surface area contributed by atoms with Crippen molar-refractivity contribution in [1.29, 1.82) is 0 Å². The maximum Gasteiger partial charge on any atom is 0.263 e. The second kappa shape index (κ2) is 7.96. The van der Waals surface area contributed by atoms with E-state index in [4.69, 9.17) is 9.47 Å². The summed E-state index contributed by atoms with van der Waals surface area (Å²) < 4.78 is 37.2. The van der Waals surface area contributed by atoms with Crippen molar-refractivity contribution < 1.29 is 23.0 Å². The molecule has 0 saturated heterocycles. The van der Waals surface area contributed by atoms with Gasteiger partial charge < -0.3 is 14.4 Å². The van der Waals surface area contributed by atoms with Gasteiger partial charge in [0.05, 0.1) is 13.2 Å². The summed E-state index contributed by atoms with van der Waals surface area (Å²) in [4.78, 5) is 14.0. The van der Waals surface area contributed by atoms with E-state index in [1.807, 2.05) is 0 Å². The molecule has 134 valence electrons. The fourth-order valence-electron chi connectivity index (χ4n) is 2.38. The lowest BCUT2D eigenvalue weighted by Gasteiger charge is -2.28. The van der Waals surface area contributed by atoms with Crippen LogP contribution in [0.5, 0.6) is 11.5 Å². The first-order valence-corrected chi connectivity index (χ1v) is 7.85. The Bertz CT molecular complexity index is 734. The highest BCUT2D eigenvalue weighted by molar-refractivity contribution is 5.81. The lowest BCUT2D eigenvalue weighted by molar-refractivity contribution is -0.138. The summed E-state index contributed by atoms with van der Waals surface area (Å²) in [5.74, 6) is -0.896. The van der Waals surface area contributed by atoms with Gasteiger partial charge in [-0.3, -0.25) is 4.79 Å². The number of ether oxygens (including phenoxy) is 2. The van der Waals surface area contributed by atoms with E-state index in [0.717, 1.165) is 12.1 Å². The van der Waals surface area contributed by atoms with Crippen LogP contribution in [0.15, 0.2) is 42.5 Å². The van der Waals surface area contributed by atoms with Crippen molar-refractivity contribution in [1.82, 2.24) is 4.90 Å². The molecular weight excluding hydrogens is 328 g/mol. The van der Waals surface area contributed by atoms with Gasteiger partial charge in [-0.2, -0.15) is 0 Å². The molecule has 2 unspecified atom stereocenters. The van der Waals surface area contributed by atoms with Crippen molar-refractivity contribution in [3.63, 3.8) is 0 Å². The molecule has 25 heavy (non-hydrogen) atoms. The Morgan fingerprint density at radius 1 is 1.00 bits per heavy atom. The van der Waals surface area contributed by atoms with Crippen LogP contribution in [0.25, 0.3) is 0 Å². The lowest BCUT2D eigenvalue weighted by atomic mass is 10.1. The number of hydrogen-bond donors (Lipinski definition) is 0. The Hall–Kier alpha value is -2.63. The van der Waals surface area contributed by atoms with Gasteiger partial charge in [0, 0.05) is 7.05 Å². The summed E-state index contributed by atoms with van der Waals surface area (Å²) in [6.45, 7) is 3.38. The average Bonchev–Trinajstić information content (AvgIpc) is 2.62. The van der Waals surface area contributed by atoms with E-state index in [-0.39, 0.29) is 5.91 Å². The minimum Gasteiger partial charge on any atom is -0.497 e. The molecule has 4 nitrogen and oxygen atoms in total. The van der Waals surface area contributed by atoms with Crippen LogP contribution in [-0.2, 0) is 4.79 Å². The number of carbonyl (C=O) groups is 1. The third-order valence-electron chi connectivity index (χ3n) is 4.07. The number of benzene rings is 2. The summed E-state index contributed by atoms with van der Waals surface area (Å²) in [5.41, 5.74) is 0.506. The molecule has 0 aromatic heterocycles. The number of methoxy groups -OCH3 is 1. The smallest absolute Gasteiger partial charge is 0.263 e. The number of rotatable bonds is 6. The van der Waals surface area contributed by atoms with Gasteiger partial charge >= 0.3 is 0 Å². The largest absolute Gasteiger partial charge is 0.497 e. The Balaban J connectivity index is 2.05. The molecular formula is C19H21F2NO3. The average molecular weight is 349 g/mol. The van der Waals surface area contributed by atoms with Gasteiger partial charge in [0.15, 0.2) is 17.7 Å². The second-order valence-electron chi connectivity index (χ2n) is 5.73. The monoisotopic (exact) mass is 349 g/mol. The molecule has 2 atom stereocenters. The molecule has 2 aromatic carbocycles. The number of halogens is 2. The third-order valence-corrected chi connectivity index (χ3v) is 4.07. The zero-order chi connectivity index (χ0) is 18.6. The van der Waals surface area contributed by atoms with E-state index in [2.05, 4.69) is 0 Å². The number of hydrogen-bond acceptors (Lipinski definition) is 3. The Morgan fingerprint density at radius 3 is 2.16 bits per heavy atom. The van der Waals surface area contributed by atoms with Gasteiger partial charge in [0.25, 0.3) is 5.91 Å². The molecule has 0 spiro atoms. The van der Waals surface area contributed by atoms with Gasteiger partial charge in [-0.1, -0.05) is 6.07 Å². The Morgan fingerprint density at radius 2 is 1.60 bits per heavy atom. The van der Waals surface area contributed by atoms with Crippen LogP contribution >= 0.6 is 0 Å². The summed E-state index contributed by atoms with van der Waals surface area (Å²) >= 11 is 0. The highest BCUT2D eigenvalue weighted by Crippen LogP contribution is 2.23. The van der Waals surface area contributed by atoms with Crippen molar-refractivity contribution in [2.24, 2.45) is 0 Å². The molecule has 0 heterocycles. The van der Waals surface area contributed by atoms with E-state index >= 15 is 0 Å². The predicted molar refractivity (Wildman–Crippen MR) is 90.6 cm³/mol. The van der Waals surface area contributed by atoms with Crippen LogP contribution in [0.1, 0.15) is 25.5 Å². The normalized spacial score (nSPS) is 13.0. The molecule has 0 aliphatic rings. The molecule has 0 saturated carbocycles. The topological polar surface area (TPSA) is 38.8 Å². The van der Waals surface area contributed by atoms with Crippen LogP contribution < -0.4 is 9.47 Å². The van der Waals surface area contributed by atoms with E-state index in [1.54, 1.807) is 52.3 Å². The van der Waals surface area contributed by atoms with Crippen molar-refractivity contribution in [2.45, 2.75) is 26.0 Å². The van der Waals surface area contributed by atoms with Crippen molar-refractivity contribution in [2.75, 3.05) is 14.2 Å². The van der Waals surface area contributed by atoms with Gasteiger partial charge in [0.2, 0.25) is 0 Å². The Kier molecular flexibility index (Phi) is 5.96. The van der Waals surface area contributed by atoms with Crippen molar-refractivity contribution in [3.8, 4) is 11.5 Å². The lowest BCUT2D eigenvalue weighted by Crippen LogP contribution is -2.39. The molecule has 6 heteroatoms. The van der Waals surface area contributed by atoms with Crippen LogP contribution in [0.3, 0.4) is 0 Å². The first kappa shape index (κ1) is 18.7. The summed E-state index contributed by atoms with van der Waals surface area (Å²) in [6, 6.07) is 10.1. The summed E-state index contributed by atoms with van der Waals surface area (Å²) in [6.07, 6.45) is -0.730. The molecule has 0 aliphatic heterocycles. The standard InChI is InChI=1S/C19H21F2NO3/c1-12(14-5-10-17(20)18(21)11-14)22(3)19(23)13(2)25-16-8-6-15(24-4)7-9-16/h5-13H,1-4H3. The molecule has 2 aromatic rings. The van der Waals surface area contributed by atoms with Crippen molar-refractivity contribution in [3.05, 3.63) is 59.7 Å². The zero-order valence-corrected chi connectivity index (χ0v) is 14.6. The fourth-order valence-corrected chi connectivity index (χ4v) is 2.38. The SMILES string of the molecule is COc1ccc(OC(C)C(=O)N(C)C(C)c2ccc(F)c(F)c2)cc1. The number of carbonyl (C=O) groups excluding carboxylic acids is 1. The van der Waals surface area contributed by atoms with E-state index in [9.17, 15) is 13.6 Å². The maximum atomic E-state index is 13.4. The number of nitrogens with zero attached hydrogens (tertiary/aromatic N) is 1. The van der Waals surface area contributed by atoms with E-state index in [1.165, 1.54) is 11.0 Å². The van der Waals surface area contributed by atoms with E-state index < -0.39 is 23.8 Å².